The van der Waals surface area contributed by atoms with E-state index in [1.54, 1.807) is 36.5 Å². The summed E-state index contributed by atoms with van der Waals surface area (Å²) in [6.07, 6.45) is 0. The molecule has 0 spiro atoms. The Morgan fingerprint density at radius 1 is 1.33 bits per heavy atom. The van der Waals surface area contributed by atoms with Crippen molar-refractivity contribution >= 4 is 57.9 Å². The van der Waals surface area contributed by atoms with Gasteiger partial charge in [0.2, 0.25) is 11.1 Å². The fraction of sp³-hybridized carbons (Fsp3) is 0.133. The largest absolute Gasteiger partial charge is 0.325 e. The van der Waals surface area contributed by atoms with Gasteiger partial charge in [-0.3, -0.25) is 9.89 Å². The molecule has 1 atom stereocenters. The van der Waals surface area contributed by atoms with Crippen molar-refractivity contribution < 1.29 is 4.79 Å². The summed E-state index contributed by atoms with van der Waals surface area (Å²) in [6, 6.07) is 8.80. The van der Waals surface area contributed by atoms with E-state index in [4.69, 9.17) is 23.2 Å². The highest BCUT2D eigenvalue weighted by molar-refractivity contribution is 8.00. The molecule has 0 fully saturated rings. The molecule has 1 aromatic carbocycles. The van der Waals surface area contributed by atoms with Gasteiger partial charge in [-0.1, -0.05) is 41.0 Å². The summed E-state index contributed by atoms with van der Waals surface area (Å²) in [4.78, 5) is 17.7. The van der Waals surface area contributed by atoms with Crippen LogP contribution >= 0.6 is 46.3 Å². The molecule has 24 heavy (non-hydrogen) atoms. The van der Waals surface area contributed by atoms with Crippen LogP contribution in [0.1, 0.15) is 6.92 Å². The van der Waals surface area contributed by atoms with Crippen LogP contribution < -0.4 is 5.32 Å². The van der Waals surface area contributed by atoms with Crippen molar-refractivity contribution in [1.82, 2.24) is 15.2 Å². The summed E-state index contributed by atoms with van der Waals surface area (Å²) >= 11 is 14.7. The smallest absolute Gasteiger partial charge is 0.237 e. The van der Waals surface area contributed by atoms with E-state index in [0.29, 0.717) is 26.7 Å². The van der Waals surface area contributed by atoms with Crippen LogP contribution in [0.3, 0.4) is 0 Å². The highest BCUT2D eigenvalue weighted by atomic mass is 35.5. The molecule has 3 rings (SSSR count). The fourth-order valence-corrected chi connectivity index (χ4v) is 3.82. The minimum atomic E-state index is -0.380. The van der Waals surface area contributed by atoms with E-state index in [-0.39, 0.29) is 11.2 Å². The van der Waals surface area contributed by atoms with Crippen molar-refractivity contribution in [2.75, 3.05) is 5.32 Å². The molecule has 2 heterocycles. The number of H-pyrrole nitrogens is 1. The van der Waals surface area contributed by atoms with Gasteiger partial charge in [0.25, 0.3) is 0 Å². The Kier molecular flexibility index (Phi) is 5.45. The summed E-state index contributed by atoms with van der Waals surface area (Å²) < 4.78 is 0. The lowest BCUT2D eigenvalue weighted by Crippen LogP contribution is -2.22. The highest BCUT2D eigenvalue weighted by Gasteiger charge is 2.18. The van der Waals surface area contributed by atoms with Gasteiger partial charge in [-0.05, 0) is 36.6 Å². The zero-order chi connectivity index (χ0) is 17.1. The van der Waals surface area contributed by atoms with Crippen LogP contribution in [0.5, 0.6) is 0 Å². The number of nitrogens with one attached hydrogen (secondary N) is 2. The van der Waals surface area contributed by atoms with Crippen molar-refractivity contribution in [1.29, 1.82) is 0 Å². The molecule has 0 bridgehead atoms. The summed E-state index contributed by atoms with van der Waals surface area (Å²) in [6.45, 7) is 1.79. The third-order valence-electron chi connectivity index (χ3n) is 3.00. The van der Waals surface area contributed by atoms with Crippen LogP contribution in [-0.2, 0) is 4.79 Å². The summed E-state index contributed by atoms with van der Waals surface area (Å²) in [5.41, 5.74) is 0.555. The Morgan fingerprint density at radius 3 is 2.75 bits per heavy atom. The highest BCUT2D eigenvalue weighted by Crippen LogP contribution is 2.27. The van der Waals surface area contributed by atoms with Crippen molar-refractivity contribution in [3.8, 4) is 10.7 Å². The maximum absolute atomic E-state index is 12.3. The number of anilines is 1. The molecule has 2 aromatic heterocycles. The molecular weight excluding hydrogens is 387 g/mol. The first-order chi connectivity index (χ1) is 11.5. The van der Waals surface area contributed by atoms with Gasteiger partial charge >= 0.3 is 0 Å². The first kappa shape index (κ1) is 17.3. The van der Waals surface area contributed by atoms with Gasteiger partial charge in [0.1, 0.15) is 0 Å². The second kappa shape index (κ2) is 7.57. The van der Waals surface area contributed by atoms with E-state index in [1.807, 2.05) is 17.5 Å². The SMILES string of the molecule is CC(Sc1n[nH]c(-c2cccs2)n1)C(=O)Nc1cc(Cl)cc(Cl)c1. The van der Waals surface area contributed by atoms with Gasteiger partial charge in [-0.2, -0.15) is 0 Å². The second-order valence-electron chi connectivity index (χ2n) is 4.85. The second-order valence-corrected chi connectivity index (χ2v) is 7.98. The molecule has 5 nitrogen and oxygen atoms in total. The van der Waals surface area contributed by atoms with Gasteiger partial charge in [0, 0.05) is 15.7 Å². The predicted molar refractivity (Wildman–Crippen MR) is 100 cm³/mol. The van der Waals surface area contributed by atoms with Crippen molar-refractivity contribution in [3.05, 3.63) is 45.8 Å². The zero-order valence-corrected chi connectivity index (χ0v) is 15.6. The number of halogens is 2. The molecular formula is C15H12Cl2N4OS2. The van der Waals surface area contributed by atoms with E-state index in [0.717, 1.165) is 4.88 Å². The van der Waals surface area contributed by atoms with E-state index in [9.17, 15) is 4.79 Å². The molecule has 1 amide bonds. The number of carbonyl (C=O) groups excluding carboxylic acids is 1. The normalized spacial score (nSPS) is 12.1. The molecule has 0 aliphatic heterocycles. The van der Waals surface area contributed by atoms with E-state index in [1.165, 1.54) is 11.8 Å². The Morgan fingerprint density at radius 2 is 2.08 bits per heavy atom. The van der Waals surface area contributed by atoms with Crippen molar-refractivity contribution in [2.24, 2.45) is 0 Å². The lowest BCUT2D eigenvalue weighted by atomic mass is 10.3. The first-order valence-corrected chi connectivity index (χ1v) is 9.42. The van der Waals surface area contributed by atoms with Gasteiger partial charge < -0.3 is 5.32 Å². The lowest BCUT2D eigenvalue weighted by molar-refractivity contribution is -0.115. The zero-order valence-electron chi connectivity index (χ0n) is 12.4. The number of rotatable bonds is 5. The number of aromatic amines is 1. The fourth-order valence-electron chi connectivity index (χ4n) is 1.90. The Hall–Kier alpha value is -1.54. The van der Waals surface area contributed by atoms with Gasteiger partial charge in [-0.25, -0.2) is 4.98 Å². The maximum atomic E-state index is 12.3. The Bertz CT molecular complexity index is 831. The molecule has 1 unspecified atom stereocenters. The third-order valence-corrected chi connectivity index (χ3v) is 5.28. The van der Waals surface area contributed by atoms with Gasteiger partial charge in [0.15, 0.2) is 5.82 Å². The van der Waals surface area contributed by atoms with Gasteiger partial charge in [0.05, 0.1) is 10.1 Å². The van der Waals surface area contributed by atoms with Crippen LogP contribution in [0.25, 0.3) is 10.7 Å². The number of hydrogen-bond donors (Lipinski definition) is 2. The van der Waals surface area contributed by atoms with Crippen molar-refractivity contribution in [2.45, 2.75) is 17.3 Å². The number of thioether (sulfide) groups is 1. The summed E-state index contributed by atoms with van der Waals surface area (Å²) in [5, 5.41) is 12.8. The standard InChI is InChI=1S/C15H12Cl2N4OS2/c1-8(14(22)18-11-6-9(16)5-10(17)7-11)24-15-19-13(20-21-15)12-3-2-4-23-12/h2-8H,1H3,(H,18,22)(H,19,20,21). The topological polar surface area (TPSA) is 70.7 Å². The molecule has 0 aliphatic carbocycles. The number of nitrogens with zero attached hydrogens (tertiary/aromatic N) is 2. The van der Waals surface area contributed by atoms with Crippen LogP contribution in [-0.4, -0.2) is 26.3 Å². The number of hydrogen-bond acceptors (Lipinski definition) is 5. The Labute approximate surface area is 156 Å². The molecule has 0 aliphatic rings. The predicted octanol–water partition coefficient (Wildman–Crippen LogP) is 4.96. The summed E-state index contributed by atoms with van der Waals surface area (Å²) in [5.74, 6) is 0.516. The average molecular weight is 399 g/mol. The maximum Gasteiger partial charge on any atom is 0.237 e. The van der Waals surface area contributed by atoms with Crippen LogP contribution in [0.4, 0.5) is 5.69 Å². The van der Waals surface area contributed by atoms with Gasteiger partial charge in [-0.15, -0.1) is 16.4 Å². The first-order valence-electron chi connectivity index (χ1n) is 6.91. The van der Waals surface area contributed by atoms with E-state index in [2.05, 4.69) is 20.5 Å². The van der Waals surface area contributed by atoms with Crippen molar-refractivity contribution in [3.63, 3.8) is 0 Å². The van der Waals surface area contributed by atoms with Crippen LogP contribution in [0.2, 0.25) is 10.0 Å². The van der Waals surface area contributed by atoms with E-state index >= 15 is 0 Å². The minimum absolute atomic E-state index is 0.180. The molecule has 2 N–H and O–H groups in total. The van der Waals surface area contributed by atoms with Crippen LogP contribution in [0, 0.1) is 0 Å². The number of carbonyl (C=O) groups is 1. The van der Waals surface area contributed by atoms with E-state index < -0.39 is 0 Å². The lowest BCUT2D eigenvalue weighted by Gasteiger charge is -2.10. The molecule has 0 saturated heterocycles. The average Bonchev–Trinajstić information content (AvgIpc) is 3.16. The number of benzene rings is 1. The molecule has 124 valence electrons. The number of amides is 1. The third kappa shape index (κ3) is 4.30. The molecule has 9 heteroatoms. The molecule has 0 radical (unpaired) electrons. The number of thiophene rings is 1. The molecule has 0 saturated carbocycles. The minimum Gasteiger partial charge on any atom is -0.325 e. The summed E-state index contributed by atoms with van der Waals surface area (Å²) in [7, 11) is 0. The monoisotopic (exact) mass is 398 g/mol. The Balaban J connectivity index is 1.64. The quantitative estimate of drug-likeness (QED) is 0.595. The van der Waals surface area contributed by atoms with Crippen LogP contribution in [0.15, 0.2) is 40.9 Å². The number of aromatic nitrogens is 3. The molecule has 3 aromatic rings.